The summed E-state index contributed by atoms with van der Waals surface area (Å²) in [6, 6.07) is 5.65. The van der Waals surface area contributed by atoms with Crippen LogP contribution in [0.25, 0.3) is 0 Å². The second-order valence-corrected chi connectivity index (χ2v) is 3.76. The average Bonchev–Trinajstić information content (AvgIpc) is 2.42. The van der Waals surface area contributed by atoms with Crippen LogP contribution in [0.15, 0.2) is 41.9 Å². The normalized spacial score (nSPS) is 12.2. The van der Waals surface area contributed by atoms with Gasteiger partial charge in [0.1, 0.15) is 0 Å². The minimum absolute atomic E-state index is 0. The van der Waals surface area contributed by atoms with E-state index in [2.05, 4.69) is 16.9 Å². The number of hydrogen-bond acceptors (Lipinski definition) is 4. The molecule has 8 heteroatoms. The number of aliphatic hydroxyl groups is 1. The van der Waals surface area contributed by atoms with E-state index < -0.39 is 11.0 Å². The van der Waals surface area contributed by atoms with E-state index >= 15 is 0 Å². The number of nitro groups is 1. The summed E-state index contributed by atoms with van der Waals surface area (Å²) in [5.41, 5.74) is 6.07. The number of aliphatic imine (C=N–C) groups is 1. The first kappa shape index (κ1) is 18.1. The quantitative estimate of drug-likeness (QED) is 0.236. The van der Waals surface area contributed by atoms with Crippen LogP contribution in [0.2, 0.25) is 0 Å². The van der Waals surface area contributed by atoms with E-state index in [0.29, 0.717) is 12.1 Å². The molecule has 4 N–H and O–H groups in total. The van der Waals surface area contributed by atoms with Gasteiger partial charge in [-0.2, -0.15) is 0 Å². The summed E-state index contributed by atoms with van der Waals surface area (Å²) in [6.45, 7) is 4.09. The molecule has 0 aliphatic carbocycles. The van der Waals surface area contributed by atoms with E-state index in [9.17, 15) is 15.2 Å². The van der Waals surface area contributed by atoms with E-state index in [1.54, 1.807) is 6.08 Å². The van der Waals surface area contributed by atoms with Gasteiger partial charge in [-0.3, -0.25) is 15.1 Å². The zero-order chi connectivity index (χ0) is 14.3. The first-order valence-corrected chi connectivity index (χ1v) is 5.61. The maximum Gasteiger partial charge on any atom is 0.269 e. The number of non-ortho nitro benzene ring substituents is 1. The van der Waals surface area contributed by atoms with Crippen LogP contribution >= 0.6 is 17.0 Å². The predicted octanol–water partition coefficient (Wildman–Crippen LogP) is 1.30. The van der Waals surface area contributed by atoms with Crippen molar-refractivity contribution in [3.05, 3.63) is 52.6 Å². The van der Waals surface area contributed by atoms with Crippen LogP contribution in [0.5, 0.6) is 0 Å². The predicted molar refractivity (Wildman–Crippen MR) is 83.1 cm³/mol. The van der Waals surface area contributed by atoms with E-state index in [-0.39, 0.29) is 35.2 Å². The van der Waals surface area contributed by atoms with E-state index in [1.165, 1.54) is 24.3 Å². The van der Waals surface area contributed by atoms with Gasteiger partial charge in [0.15, 0.2) is 5.96 Å². The number of rotatable bonds is 6. The molecule has 1 rings (SSSR count). The van der Waals surface area contributed by atoms with Gasteiger partial charge in [-0.1, -0.05) is 6.08 Å². The number of aliphatic hydroxyl groups excluding tert-OH is 1. The topological polar surface area (TPSA) is 114 Å². The summed E-state index contributed by atoms with van der Waals surface area (Å²) in [4.78, 5) is 13.9. The molecule has 0 saturated carbocycles. The van der Waals surface area contributed by atoms with E-state index in [4.69, 9.17) is 5.73 Å². The highest BCUT2D eigenvalue weighted by Gasteiger charge is 2.10. The Bertz CT molecular complexity index is 476. The molecule has 7 nitrogen and oxygen atoms in total. The van der Waals surface area contributed by atoms with Crippen LogP contribution in [0.3, 0.4) is 0 Å². The summed E-state index contributed by atoms with van der Waals surface area (Å²) in [5.74, 6) is 0.209. The van der Waals surface area contributed by atoms with Crippen molar-refractivity contribution in [1.82, 2.24) is 5.32 Å². The molecule has 1 aromatic carbocycles. The standard InChI is InChI=1S/C12H16N4O3.BrH/c1-2-7-14-12(13)15-8-11(17)9-3-5-10(6-4-9)16(18)19;/h2-6,11,17H,1,7-8H2,(H3,13,14,15);1H. The van der Waals surface area contributed by atoms with Gasteiger partial charge in [0.25, 0.3) is 5.69 Å². The van der Waals surface area contributed by atoms with Crippen molar-refractivity contribution in [2.75, 3.05) is 13.1 Å². The van der Waals surface area contributed by atoms with Gasteiger partial charge in [0, 0.05) is 18.7 Å². The van der Waals surface area contributed by atoms with Crippen molar-refractivity contribution in [3.63, 3.8) is 0 Å². The number of nitrogens with two attached hydrogens (primary N) is 1. The summed E-state index contributed by atoms with van der Waals surface area (Å²) in [7, 11) is 0. The van der Waals surface area contributed by atoms with Gasteiger partial charge in [0.2, 0.25) is 0 Å². The third-order valence-electron chi connectivity index (χ3n) is 2.35. The first-order valence-electron chi connectivity index (χ1n) is 5.61. The molecule has 0 heterocycles. The van der Waals surface area contributed by atoms with E-state index in [0.717, 1.165) is 0 Å². The molecular formula is C12H17BrN4O3. The summed E-state index contributed by atoms with van der Waals surface area (Å²) < 4.78 is 0. The van der Waals surface area contributed by atoms with Crippen molar-refractivity contribution in [2.24, 2.45) is 10.7 Å². The molecule has 1 unspecified atom stereocenters. The Morgan fingerprint density at radius 1 is 1.55 bits per heavy atom. The highest BCUT2D eigenvalue weighted by atomic mass is 79.9. The smallest absolute Gasteiger partial charge is 0.269 e. The molecule has 0 saturated heterocycles. The minimum atomic E-state index is -0.857. The second kappa shape index (κ2) is 9.05. The molecule has 1 aromatic rings. The Morgan fingerprint density at radius 2 is 2.15 bits per heavy atom. The third-order valence-corrected chi connectivity index (χ3v) is 2.35. The zero-order valence-electron chi connectivity index (χ0n) is 10.7. The monoisotopic (exact) mass is 344 g/mol. The second-order valence-electron chi connectivity index (χ2n) is 3.76. The molecule has 0 aliphatic heterocycles. The molecular weight excluding hydrogens is 328 g/mol. The molecule has 0 aromatic heterocycles. The molecule has 0 radical (unpaired) electrons. The van der Waals surface area contributed by atoms with Gasteiger partial charge in [-0.05, 0) is 17.7 Å². The first-order chi connectivity index (χ1) is 9.04. The lowest BCUT2D eigenvalue weighted by Crippen LogP contribution is -2.32. The van der Waals surface area contributed by atoms with Crippen molar-refractivity contribution in [1.29, 1.82) is 0 Å². The molecule has 110 valence electrons. The van der Waals surface area contributed by atoms with E-state index in [1.807, 2.05) is 0 Å². The zero-order valence-corrected chi connectivity index (χ0v) is 12.4. The molecule has 0 amide bonds. The van der Waals surface area contributed by atoms with Crippen LogP contribution in [0, 0.1) is 10.1 Å². The maximum atomic E-state index is 10.5. The van der Waals surface area contributed by atoms with Gasteiger partial charge >= 0.3 is 0 Å². The fourth-order valence-corrected chi connectivity index (χ4v) is 1.34. The minimum Gasteiger partial charge on any atom is -0.386 e. The van der Waals surface area contributed by atoms with Gasteiger partial charge in [-0.25, -0.2) is 0 Å². The Morgan fingerprint density at radius 3 is 2.65 bits per heavy atom. The van der Waals surface area contributed by atoms with Gasteiger partial charge in [-0.15, -0.1) is 23.6 Å². The molecule has 20 heavy (non-hydrogen) atoms. The Hall–Kier alpha value is -1.93. The molecule has 1 atom stereocenters. The molecule has 0 fully saturated rings. The lowest BCUT2D eigenvalue weighted by atomic mass is 10.1. The summed E-state index contributed by atoms with van der Waals surface area (Å²) >= 11 is 0. The lowest BCUT2D eigenvalue weighted by molar-refractivity contribution is -0.384. The van der Waals surface area contributed by atoms with Crippen LogP contribution in [-0.4, -0.2) is 29.1 Å². The van der Waals surface area contributed by atoms with Crippen molar-refractivity contribution in [3.8, 4) is 0 Å². The van der Waals surface area contributed by atoms with Crippen molar-refractivity contribution in [2.45, 2.75) is 6.10 Å². The highest BCUT2D eigenvalue weighted by Crippen LogP contribution is 2.17. The molecule has 0 aliphatic rings. The summed E-state index contributed by atoms with van der Waals surface area (Å²) in [5, 5.41) is 23.1. The lowest BCUT2D eigenvalue weighted by Gasteiger charge is -2.09. The Kier molecular flexibility index (Phi) is 8.18. The number of nitrogens with one attached hydrogen (secondary N) is 1. The Labute approximate surface area is 127 Å². The van der Waals surface area contributed by atoms with Gasteiger partial charge in [0.05, 0.1) is 17.6 Å². The SMILES string of the molecule is Br.C=CCNC(N)=NCC(O)c1ccc([N+](=O)[O-])cc1. The third kappa shape index (κ3) is 5.81. The molecule has 0 bridgehead atoms. The highest BCUT2D eigenvalue weighted by molar-refractivity contribution is 8.93. The fraction of sp³-hybridized carbons (Fsp3) is 0.250. The number of benzene rings is 1. The summed E-state index contributed by atoms with van der Waals surface area (Å²) in [6.07, 6.45) is 0.777. The van der Waals surface area contributed by atoms with Crippen LogP contribution in [0.1, 0.15) is 11.7 Å². The molecule has 0 spiro atoms. The number of nitrogens with zero attached hydrogens (tertiary/aromatic N) is 2. The number of halogens is 1. The number of nitro benzene ring substituents is 1. The van der Waals surface area contributed by atoms with Crippen LogP contribution in [0.4, 0.5) is 5.69 Å². The number of guanidine groups is 1. The average molecular weight is 345 g/mol. The van der Waals surface area contributed by atoms with Crippen molar-refractivity contribution >= 4 is 28.6 Å². The Balaban J connectivity index is 0.00000361. The fourth-order valence-electron chi connectivity index (χ4n) is 1.34. The van der Waals surface area contributed by atoms with Crippen LogP contribution < -0.4 is 11.1 Å². The van der Waals surface area contributed by atoms with Crippen molar-refractivity contribution < 1.29 is 10.0 Å². The number of hydrogen-bond donors (Lipinski definition) is 3. The van der Waals surface area contributed by atoms with Crippen LogP contribution in [-0.2, 0) is 0 Å². The maximum absolute atomic E-state index is 10.5. The largest absolute Gasteiger partial charge is 0.386 e. The van der Waals surface area contributed by atoms with Gasteiger partial charge < -0.3 is 16.2 Å².